The molecule has 1 N–H and O–H groups in total. The molecule has 0 saturated carbocycles. The van der Waals surface area contributed by atoms with Crippen molar-refractivity contribution in [3.8, 4) is 0 Å². The Morgan fingerprint density at radius 2 is 1.96 bits per heavy atom. The Labute approximate surface area is 152 Å². The quantitative estimate of drug-likeness (QED) is 0.861. The maximum atomic E-state index is 12.9. The van der Waals surface area contributed by atoms with Gasteiger partial charge in [0.15, 0.2) is 5.84 Å². The number of likely N-dealkylation sites (N-methyl/N-ethyl adjacent to an activating group) is 1. The molecule has 2 amide bonds. The SMILES string of the molecule is CN1CCN(CC(=O)N2C=CC=C3NC(=O)c4ccccc4N=C32)CC1. The summed E-state index contributed by atoms with van der Waals surface area (Å²) in [6.45, 7) is 3.99. The van der Waals surface area contributed by atoms with Crippen LogP contribution in [0, 0.1) is 0 Å². The fourth-order valence-corrected chi connectivity index (χ4v) is 3.25. The first-order valence-electron chi connectivity index (χ1n) is 8.73. The number of benzene rings is 1. The van der Waals surface area contributed by atoms with Gasteiger partial charge >= 0.3 is 0 Å². The summed E-state index contributed by atoms with van der Waals surface area (Å²) in [5.41, 5.74) is 1.61. The Morgan fingerprint density at radius 1 is 1.19 bits per heavy atom. The van der Waals surface area contributed by atoms with Crippen molar-refractivity contribution in [2.75, 3.05) is 39.8 Å². The molecular formula is C19H21N5O2. The second-order valence-electron chi connectivity index (χ2n) is 6.67. The number of carbonyl (C=O) groups excluding carboxylic acids is 2. The van der Waals surface area contributed by atoms with Crippen LogP contribution >= 0.6 is 0 Å². The molecular weight excluding hydrogens is 330 g/mol. The van der Waals surface area contributed by atoms with Gasteiger partial charge in [-0.15, -0.1) is 0 Å². The van der Waals surface area contributed by atoms with E-state index in [2.05, 4.69) is 27.2 Å². The van der Waals surface area contributed by atoms with Crippen molar-refractivity contribution in [2.45, 2.75) is 0 Å². The van der Waals surface area contributed by atoms with Crippen LogP contribution in [0.3, 0.4) is 0 Å². The number of fused-ring (bicyclic) bond motifs is 2. The number of para-hydroxylation sites is 1. The number of rotatable bonds is 2. The Kier molecular flexibility index (Phi) is 4.40. The van der Waals surface area contributed by atoms with Gasteiger partial charge in [0.2, 0.25) is 5.91 Å². The molecule has 134 valence electrons. The first-order chi connectivity index (χ1) is 12.6. The van der Waals surface area contributed by atoms with Crippen LogP contribution < -0.4 is 5.32 Å². The van der Waals surface area contributed by atoms with Gasteiger partial charge in [0, 0.05) is 32.4 Å². The average molecular weight is 351 g/mol. The standard InChI is InChI=1S/C19H21N5O2/c1-22-9-11-23(12-10-22)13-17(25)24-8-4-7-16-18(24)20-15-6-3-2-5-14(15)19(26)21-16/h2-8H,9-13H2,1H3,(H,21,26). The van der Waals surface area contributed by atoms with Gasteiger partial charge in [-0.25, -0.2) is 4.99 Å². The lowest BCUT2D eigenvalue weighted by atomic mass is 10.2. The lowest BCUT2D eigenvalue weighted by Crippen LogP contribution is -2.49. The zero-order valence-electron chi connectivity index (χ0n) is 14.7. The zero-order valence-corrected chi connectivity index (χ0v) is 14.7. The molecule has 4 rings (SSSR count). The van der Waals surface area contributed by atoms with E-state index in [-0.39, 0.29) is 11.8 Å². The predicted molar refractivity (Wildman–Crippen MR) is 99.0 cm³/mol. The highest BCUT2D eigenvalue weighted by atomic mass is 16.2. The molecule has 26 heavy (non-hydrogen) atoms. The van der Waals surface area contributed by atoms with Crippen molar-refractivity contribution in [1.29, 1.82) is 0 Å². The van der Waals surface area contributed by atoms with Gasteiger partial charge in [0.1, 0.15) is 0 Å². The van der Waals surface area contributed by atoms with Crippen LogP contribution in [0.25, 0.3) is 0 Å². The fraction of sp³-hybridized carbons (Fsp3) is 0.316. The molecule has 3 aliphatic rings. The van der Waals surface area contributed by atoms with E-state index in [9.17, 15) is 9.59 Å². The largest absolute Gasteiger partial charge is 0.319 e. The van der Waals surface area contributed by atoms with Gasteiger partial charge in [0.05, 0.1) is 23.5 Å². The number of hydrogen-bond donors (Lipinski definition) is 1. The topological polar surface area (TPSA) is 68.2 Å². The zero-order chi connectivity index (χ0) is 18.1. The van der Waals surface area contributed by atoms with E-state index >= 15 is 0 Å². The summed E-state index contributed by atoms with van der Waals surface area (Å²) >= 11 is 0. The maximum absolute atomic E-state index is 12.9. The number of allylic oxidation sites excluding steroid dienone is 2. The molecule has 3 heterocycles. The first-order valence-corrected chi connectivity index (χ1v) is 8.73. The van der Waals surface area contributed by atoms with Crippen LogP contribution in [0.15, 0.2) is 53.3 Å². The molecule has 3 aliphatic heterocycles. The molecule has 7 nitrogen and oxygen atoms in total. The van der Waals surface area contributed by atoms with Crippen LogP contribution in [0.5, 0.6) is 0 Å². The van der Waals surface area contributed by atoms with Crippen molar-refractivity contribution >= 4 is 23.3 Å². The molecule has 0 atom stereocenters. The third kappa shape index (κ3) is 3.18. The Bertz CT molecular complexity index is 834. The third-order valence-corrected chi connectivity index (χ3v) is 4.81. The van der Waals surface area contributed by atoms with Gasteiger partial charge < -0.3 is 10.2 Å². The van der Waals surface area contributed by atoms with Gasteiger partial charge in [0.25, 0.3) is 5.91 Å². The Morgan fingerprint density at radius 3 is 2.77 bits per heavy atom. The number of nitrogens with zero attached hydrogens (tertiary/aromatic N) is 4. The van der Waals surface area contributed by atoms with E-state index < -0.39 is 0 Å². The summed E-state index contributed by atoms with van der Waals surface area (Å²) < 4.78 is 0. The van der Waals surface area contributed by atoms with Crippen LogP contribution in [0.4, 0.5) is 5.69 Å². The minimum atomic E-state index is -0.215. The molecule has 0 radical (unpaired) electrons. The number of amides is 2. The van der Waals surface area contributed by atoms with Gasteiger partial charge in [-0.1, -0.05) is 12.1 Å². The smallest absolute Gasteiger partial charge is 0.257 e. The second-order valence-corrected chi connectivity index (χ2v) is 6.67. The van der Waals surface area contributed by atoms with Crippen LogP contribution in [-0.2, 0) is 4.79 Å². The summed E-state index contributed by atoms with van der Waals surface area (Å²) in [5.74, 6) is 0.195. The van der Waals surface area contributed by atoms with Crippen molar-refractivity contribution in [3.05, 3.63) is 53.9 Å². The molecule has 1 aromatic rings. The molecule has 0 aliphatic carbocycles. The van der Waals surface area contributed by atoms with Crippen molar-refractivity contribution < 1.29 is 9.59 Å². The second kappa shape index (κ2) is 6.86. The van der Waals surface area contributed by atoms with Crippen molar-refractivity contribution in [1.82, 2.24) is 20.0 Å². The summed E-state index contributed by atoms with van der Waals surface area (Å²) in [4.78, 5) is 35.9. The third-order valence-electron chi connectivity index (χ3n) is 4.81. The number of hydrogen-bond acceptors (Lipinski definition) is 5. The molecule has 0 unspecified atom stereocenters. The van der Waals surface area contributed by atoms with E-state index in [1.54, 1.807) is 36.6 Å². The molecule has 1 fully saturated rings. The van der Waals surface area contributed by atoms with E-state index in [1.807, 2.05) is 6.07 Å². The number of aliphatic imine (C=N–C) groups is 1. The fourth-order valence-electron chi connectivity index (χ4n) is 3.25. The van der Waals surface area contributed by atoms with E-state index in [4.69, 9.17) is 0 Å². The lowest BCUT2D eigenvalue weighted by Gasteiger charge is -2.33. The maximum Gasteiger partial charge on any atom is 0.257 e. The number of piperazine rings is 1. The van der Waals surface area contributed by atoms with Crippen LogP contribution in [0.2, 0.25) is 0 Å². The highest BCUT2D eigenvalue weighted by molar-refractivity contribution is 6.16. The summed E-state index contributed by atoms with van der Waals surface area (Å²) in [7, 11) is 2.09. The van der Waals surface area contributed by atoms with Gasteiger partial charge in [-0.3, -0.25) is 19.4 Å². The summed E-state index contributed by atoms with van der Waals surface area (Å²) in [6.07, 6.45) is 5.23. The van der Waals surface area contributed by atoms with E-state index in [0.717, 1.165) is 26.2 Å². The molecule has 1 aromatic carbocycles. The number of nitrogens with one attached hydrogen (secondary N) is 1. The summed E-state index contributed by atoms with van der Waals surface area (Å²) in [5, 5.41) is 2.86. The average Bonchev–Trinajstić information content (AvgIpc) is 2.79. The van der Waals surface area contributed by atoms with Gasteiger partial charge in [-0.05, 0) is 31.3 Å². The molecule has 0 aromatic heterocycles. The molecule has 0 bridgehead atoms. The Balaban J connectivity index is 1.59. The monoisotopic (exact) mass is 351 g/mol. The molecule has 0 spiro atoms. The van der Waals surface area contributed by atoms with Crippen molar-refractivity contribution in [3.63, 3.8) is 0 Å². The van der Waals surface area contributed by atoms with E-state index in [0.29, 0.717) is 29.3 Å². The van der Waals surface area contributed by atoms with Crippen LogP contribution in [0.1, 0.15) is 10.4 Å². The predicted octanol–water partition coefficient (Wildman–Crippen LogP) is 0.947. The van der Waals surface area contributed by atoms with Crippen molar-refractivity contribution in [2.24, 2.45) is 4.99 Å². The number of carbonyl (C=O) groups is 2. The van der Waals surface area contributed by atoms with E-state index in [1.165, 1.54) is 4.90 Å². The molecule has 7 heteroatoms. The molecule has 1 saturated heterocycles. The normalized spacial score (nSPS) is 20.5. The van der Waals surface area contributed by atoms with Gasteiger partial charge in [-0.2, -0.15) is 0 Å². The van der Waals surface area contributed by atoms with Crippen LogP contribution in [-0.4, -0.2) is 72.1 Å². The first kappa shape index (κ1) is 16.7. The minimum Gasteiger partial charge on any atom is -0.319 e. The highest BCUT2D eigenvalue weighted by Crippen LogP contribution is 2.25. The Hall–Kier alpha value is -2.77. The highest BCUT2D eigenvalue weighted by Gasteiger charge is 2.29. The minimum absolute atomic E-state index is 0.0521. The lowest BCUT2D eigenvalue weighted by molar-refractivity contribution is -0.127. The summed E-state index contributed by atoms with van der Waals surface area (Å²) in [6, 6.07) is 7.15. The number of amidine groups is 1.